The molecule has 2 aliphatic heterocycles. The third kappa shape index (κ3) is 4.81. The molecule has 178 valence electrons. The number of rotatable bonds is 7. The van der Waals surface area contributed by atoms with E-state index in [1.165, 1.54) is 5.56 Å². The van der Waals surface area contributed by atoms with Crippen LogP contribution in [-0.2, 0) is 29.0 Å². The molecular formula is C27H30N2O5. The number of ether oxygens (including phenoxy) is 5. The molecule has 0 N–H and O–H groups in total. The Kier molecular flexibility index (Phi) is 6.83. The maximum absolute atomic E-state index is 6.22. The van der Waals surface area contributed by atoms with Crippen LogP contribution < -0.4 is 19.7 Å². The number of aromatic nitrogens is 1. The quantitative estimate of drug-likeness (QED) is 0.537. The van der Waals surface area contributed by atoms with Crippen molar-refractivity contribution in [2.45, 2.75) is 25.7 Å². The Bertz CT molecular complexity index is 1200. The highest BCUT2D eigenvalue weighted by Gasteiger charge is 2.21. The van der Waals surface area contributed by atoms with Crippen LogP contribution in [0.25, 0.3) is 11.3 Å². The van der Waals surface area contributed by atoms with Crippen LogP contribution in [0, 0.1) is 0 Å². The van der Waals surface area contributed by atoms with Crippen molar-refractivity contribution in [3.05, 3.63) is 71.2 Å². The van der Waals surface area contributed by atoms with Gasteiger partial charge < -0.3 is 28.3 Å². The van der Waals surface area contributed by atoms with Crippen molar-refractivity contribution in [3.8, 4) is 28.5 Å². The minimum atomic E-state index is -0.0286. The zero-order valence-electron chi connectivity index (χ0n) is 19.7. The monoisotopic (exact) mass is 462 g/mol. The van der Waals surface area contributed by atoms with Crippen LogP contribution >= 0.6 is 0 Å². The van der Waals surface area contributed by atoms with Crippen LogP contribution in [0.2, 0.25) is 0 Å². The van der Waals surface area contributed by atoms with Crippen LogP contribution in [0.3, 0.4) is 0 Å². The first-order valence-electron chi connectivity index (χ1n) is 11.6. The molecule has 7 nitrogen and oxygen atoms in total. The highest BCUT2D eigenvalue weighted by molar-refractivity contribution is 5.71. The van der Waals surface area contributed by atoms with E-state index in [-0.39, 0.29) is 6.10 Å². The summed E-state index contributed by atoms with van der Waals surface area (Å²) in [4.78, 5) is 4.93. The van der Waals surface area contributed by atoms with E-state index in [0.717, 1.165) is 46.8 Å². The lowest BCUT2D eigenvalue weighted by atomic mass is 9.96. The molecule has 1 atom stereocenters. The van der Waals surface area contributed by atoms with Crippen LogP contribution in [0.15, 0.2) is 59.6 Å². The van der Waals surface area contributed by atoms with Gasteiger partial charge >= 0.3 is 0 Å². The van der Waals surface area contributed by atoms with Crippen molar-refractivity contribution in [1.82, 2.24) is 4.57 Å². The average Bonchev–Trinajstić information content (AvgIpc) is 2.90. The summed E-state index contributed by atoms with van der Waals surface area (Å²) in [5, 5.41) is 0. The molecular weight excluding hydrogens is 432 g/mol. The van der Waals surface area contributed by atoms with Gasteiger partial charge in [0.2, 0.25) is 0 Å². The van der Waals surface area contributed by atoms with Gasteiger partial charge in [-0.1, -0.05) is 30.3 Å². The molecule has 0 amide bonds. The number of hydrogen-bond donors (Lipinski definition) is 0. The highest BCUT2D eigenvalue weighted by Crippen LogP contribution is 2.38. The number of hydrogen-bond acceptors (Lipinski definition) is 6. The Balaban J connectivity index is 1.55. The van der Waals surface area contributed by atoms with Crippen molar-refractivity contribution in [1.29, 1.82) is 0 Å². The van der Waals surface area contributed by atoms with Gasteiger partial charge in [0.1, 0.15) is 23.9 Å². The summed E-state index contributed by atoms with van der Waals surface area (Å²) in [6.45, 7) is 3.67. The Morgan fingerprint density at radius 3 is 2.59 bits per heavy atom. The minimum Gasteiger partial charge on any atom is -0.493 e. The van der Waals surface area contributed by atoms with Gasteiger partial charge in [-0.3, -0.25) is 4.99 Å². The standard InChI is InChI=1S/C27H30N2O5/c1-30-25-12-20-8-9-29-24(23(20)15-26(25)31-2)13-21(34-17-19-6-4-3-5-7-19)14-27(29)28-16-22-18-32-10-11-33-22/h3-7,12-15,22H,8-11,16-18H2,1-2H3/b28-27+. The zero-order chi connectivity index (χ0) is 23.3. The summed E-state index contributed by atoms with van der Waals surface area (Å²) >= 11 is 0. The Morgan fingerprint density at radius 2 is 1.82 bits per heavy atom. The number of pyridine rings is 1. The molecule has 0 spiro atoms. The molecule has 1 aromatic heterocycles. The van der Waals surface area contributed by atoms with Crippen molar-refractivity contribution >= 4 is 0 Å². The maximum atomic E-state index is 6.22. The molecule has 1 fully saturated rings. The fourth-order valence-corrected chi connectivity index (χ4v) is 4.43. The van der Waals surface area contributed by atoms with Crippen molar-refractivity contribution < 1.29 is 23.7 Å². The summed E-state index contributed by atoms with van der Waals surface area (Å²) < 4.78 is 30.9. The third-order valence-corrected chi connectivity index (χ3v) is 6.20. The van der Waals surface area contributed by atoms with E-state index in [2.05, 4.69) is 28.8 Å². The predicted molar refractivity (Wildman–Crippen MR) is 128 cm³/mol. The number of fused-ring (bicyclic) bond motifs is 3. The summed E-state index contributed by atoms with van der Waals surface area (Å²) in [5.41, 5.74) is 5.35. The van der Waals surface area contributed by atoms with Gasteiger partial charge in [-0.25, -0.2) is 0 Å². The van der Waals surface area contributed by atoms with Gasteiger partial charge in [0.05, 0.1) is 46.3 Å². The van der Waals surface area contributed by atoms with Gasteiger partial charge in [0.25, 0.3) is 0 Å². The van der Waals surface area contributed by atoms with Gasteiger partial charge in [-0.2, -0.15) is 0 Å². The van der Waals surface area contributed by atoms with Crippen LogP contribution in [-0.4, -0.2) is 51.3 Å². The molecule has 0 aliphatic carbocycles. The molecule has 1 saturated heterocycles. The van der Waals surface area contributed by atoms with Crippen LogP contribution in [0.5, 0.6) is 17.2 Å². The first kappa shape index (κ1) is 22.5. The van der Waals surface area contributed by atoms with Crippen molar-refractivity contribution in [2.75, 3.05) is 40.6 Å². The number of nitrogens with zero attached hydrogens (tertiary/aromatic N) is 2. The van der Waals surface area contributed by atoms with Crippen molar-refractivity contribution in [2.24, 2.45) is 4.99 Å². The second-order valence-corrected chi connectivity index (χ2v) is 8.38. The van der Waals surface area contributed by atoms with E-state index in [9.17, 15) is 0 Å². The molecule has 0 bridgehead atoms. The fraction of sp³-hybridized carbons (Fsp3) is 0.370. The summed E-state index contributed by atoms with van der Waals surface area (Å²) in [7, 11) is 3.33. The molecule has 1 unspecified atom stereocenters. The zero-order valence-corrected chi connectivity index (χ0v) is 19.7. The van der Waals surface area contributed by atoms with Gasteiger partial charge in [-0.05, 0) is 29.7 Å². The van der Waals surface area contributed by atoms with Gasteiger partial charge in [0.15, 0.2) is 11.5 Å². The van der Waals surface area contributed by atoms with Gasteiger partial charge in [-0.15, -0.1) is 0 Å². The second kappa shape index (κ2) is 10.3. The normalized spacial score (nSPS) is 17.6. The molecule has 0 radical (unpaired) electrons. The van der Waals surface area contributed by atoms with E-state index in [1.54, 1.807) is 14.2 Å². The van der Waals surface area contributed by atoms with E-state index < -0.39 is 0 Å². The van der Waals surface area contributed by atoms with Gasteiger partial charge in [0, 0.05) is 24.2 Å². The number of methoxy groups -OCH3 is 2. The smallest absolute Gasteiger partial charge is 0.161 e. The number of aryl methyl sites for hydroxylation is 1. The van der Waals surface area contributed by atoms with Crippen molar-refractivity contribution in [3.63, 3.8) is 0 Å². The lowest BCUT2D eigenvalue weighted by Gasteiger charge is -2.25. The fourth-order valence-electron chi connectivity index (χ4n) is 4.43. The van der Waals surface area contributed by atoms with Crippen LogP contribution in [0.1, 0.15) is 11.1 Å². The molecule has 3 heterocycles. The first-order valence-corrected chi connectivity index (χ1v) is 11.6. The van der Waals surface area contributed by atoms with E-state index in [0.29, 0.717) is 38.7 Å². The minimum absolute atomic E-state index is 0.0286. The molecule has 7 heteroatoms. The SMILES string of the molecule is COc1cc2c(cc1OC)-c1cc(OCc3ccccc3)c/c(=N\CC3COCCO3)n1CC2. The third-order valence-electron chi connectivity index (χ3n) is 6.20. The molecule has 2 aromatic carbocycles. The molecule has 0 saturated carbocycles. The molecule has 34 heavy (non-hydrogen) atoms. The largest absolute Gasteiger partial charge is 0.493 e. The molecule has 3 aromatic rings. The maximum Gasteiger partial charge on any atom is 0.161 e. The lowest BCUT2D eigenvalue weighted by molar-refractivity contribution is -0.0835. The Labute approximate surface area is 199 Å². The first-order chi connectivity index (χ1) is 16.7. The lowest BCUT2D eigenvalue weighted by Crippen LogP contribution is -2.33. The van der Waals surface area contributed by atoms with E-state index in [4.69, 9.17) is 28.7 Å². The Hall–Kier alpha value is -3.29. The van der Waals surface area contributed by atoms with E-state index in [1.807, 2.05) is 30.3 Å². The topological polar surface area (TPSA) is 63.4 Å². The number of benzene rings is 2. The Morgan fingerprint density at radius 1 is 1.00 bits per heavy atom. The molecule has 2 aliphatic rings. The summed E-state index contributed by atoms with van der Waals surface area (Å²) in [5.74, 6) is 2.22. The second-order valence-electron chi connectivity index (χ2n) is 8.38. The highest BCUT2D eigenvalue weighted by atomic mass is 16.6. The summed E-state index contributed by atoms with van der Waals surface area (Å²) in [6.07, 6.45) is 0.850. The predicted octanol–water partition coefficient (Wildman–Crippen LogP) is 3.62. The molecule has 5 rings (SSSR count). The summed E-state index contributed by atoms with van der Waals surface area (Å²) in [6, 6.07) is 18.4. The average molecular weight is 463 g/mol. The van der Waals surface area contributed by atoms with E-state index >= 15 is 0 Å². The van der Waals surface area contributed by atoms with Crippen LogP contribution in [0.4, 0.5) is 0 Å².